The minimum atomic E-state index is -0.632. The molecule has 6 heteroatoms. The quantitative estimate of drug-likeness (QED) is 0.793. The van der Waals surface area contributed by atoms with Crippen LogP contribution >= 0.6 is 11.6 Å². The molecule has 0 fully saturated rings. The van der Waals surface area contributed by atoms with E-state index in [0.29, 0.717) is 0 Å². The van der Waals surface area contributed by atoms with Crippen LogP contribution in [0.15, 0.2) is 35.9 Å². The van der Waals surface area contributed by atoms with Gasteiger partial charge in [0.25, 0.3) is 5.91 Å². The van der Waals surface area contributed by atoms with Crippen molar-refractivity contribution in [3.63, 3.8) is 0 Å². The van der Waals surface area contributed by atoms with Gasteiger partial charge in [0.05, 0.1) is 0 Å². The highest BCUT2D eigenvalue weighted by atomic mass is 35.5. The fraction of sp³-hybridized carbons (Fsp3) is 0.167. The van der Waals surface area contributed by atoms with Crippen LogP contribution in [-0.2, 0) is 9.53 Å². The lowest BCUT2D eigenvalue weighted by molar-refractivity contribution is -0.119. The molecule has 18 heavy (non-hydrogen) atoms. The van der Waals surface area contributed by atoms with Crippen molar-refractivity contribution in [2.45, 2.75) is 0 Å². The lowest BCUT2D eigenvalue weighted by Crippen LogP contribution is -2.21. The standard InChI is InChI=1S/C12H12ClNO4/c1-8(13)6-18-12(16)9-4-2-3-5-10(9)17-7-11(14)15/h2-5H,1,6-7H2,(H2,14,15). The number of para-hydroxylation sites is 1. The van der Waals surface area contributed by atoms with Crippen molar-refractivity contribution >= 4 is 23.5 Å². The second kappa shape index (κ2) is 6.66. The molecule has 0 radical (unpaired) electrons. The van der Waals surface area contributed by atoms with Gasteiger partial charge < -0.3 is 15.2 Å². The number of halogens is 1. The van der Waals surface area contributed by atoms with Crippen LogP contribution in [0, 0.1) is 0 Å². The van der Waals surface area contributed by atoms with E-state index in [2.05, 4.69) is 6.58 Å². The number of esters is 1. The average molecular weight is 270 g/mol. The lowest BCUT2D eigenvalue weighted by atomic mass is 10.2. The number of carbonyl (C=O) groups excluding carboxylic acids is 2. The number of benzene rings is 1. The highest BCUT2D eigenvalue weighted by molar-refractivity contribution is 6.29. The summed E-state index contributed by atoms with van der Waals surface area (Å²) >= 11 is 5.49. The predicted molar refractivity (Wildman–Crippen MR) is 66.4 cm³/mol. The van der Waals surface area contributed by atoms with Crippen molar-refractivity contribution in [2.75, 3.05) is 13.2 Å². The second-order valence-electron chi connectivity index (χ2n) is 3.34. The molecular weight excluding hydrogens is 258 g/mol. The van der Waals surface area contributed by atoms with Gasteiger partial charge in [-0.05, 0) is 12.1 Å². The van der Waals surface area contributed by atoms with Crippen LogP contribution in [-0.4, -0.2) is 25.1 Å². The maximum absolute atomic E-state index is 11.7. The van der Waals surface area contributed by atoms with Gasteiger partial charge in [0.2, 0.25) is 0 Å². The van der Waals surface area contributed by atoms with E-state index in [-0.39, 0.29) is 29.6 Å². The maximum Gasteiger partial charge on any atom is 0.342 e. The number of carbonyl (C=O) groups is 2. The first-order valence-electron chi connectivity index (χ1n) is 5.01. The van der Waals surface area contributed by atoms with E-state index in [1.165, 1.54) is 12.1 Å². The van der Waals surface area contributed by atoms with E-state index in [1.807, 2.05) is 0 Å². The Bertz CT molecular complexity index is 473. The smallest absolute Gasteiger partial charge is 0.342 e. The molecule has 5 nitrogen and oxygen atoms in total. The van der Waals surface area contributed by atoms with E-state index in [1.54, 1.807) is 12.1 Å². The summed E-state index contributed by atoms with van der Waals surface area (Å²) in [5, 5.41) is 0.207. The van der Waals surface area contributed by atoms with E-state index in [9.17, 15) is 9.59 Å². The molecule has 1 rings (SSSR count). The first-order chi connectivity index (χ1) is 8.50. The molecule has 0 atom stereocenters. The first kappa shape index (κ1) is 14.1. The number of hydrogen-bond donors (Lipinski definition) is 1. The summed E-state index contributed by atoms with van der Waals surface area (Å²) in [7, 11) is 0. The molecule has 0 bridgehead atoms. The fourth-order valence-corrected chi connectivity index (χ4v) is 1.19. The molecule has 96 valence electrons. The SMILES string of the molecule is C=C(Cl)COC(=O)c1ccccc1OCC(N)=O. The van der Waals surface area contributed by atoms with Crippen LogP contribution in [0.25, 0.3) is 0 Å². The van der Waals surface area contributed by atoms with Crippen LogP contribution in [0.1, 0.15) is 10.4 Å². The Kier molecular flexibility index (Phi) is 5.20. The number of amides is 1. The van der Waals surface area contributed by atoms with Crippen molar-refractivity contribution in [3.8, 4) is 5.75 Å². The highest BCUT2D eigenvalue weighted by Crippen LogP contribution is 2.19. The van der Waals surface area contributed by atoms with E-state index >= 15 is 0 Å². The molecule has 0 saturated carbocycles. The van der Waals surface area contributed by atoms with E-state index in [4.69, 9.17) is 26.8 Å². The maximum atomic E-state index is 11.7. The molecular formula is C12H12ClNO4. The summed E-state index contributed by atoms with van der Waals surface area (Å²) in [5.74, 6) is -1.02. The average Bonchev–Trinajstić information content (AvgIpc) is 2.33. The van der Waals surface area contributed by atoms with Crippen LogP contribution in [0.4, 0.5) is 0 Å². The van der Waals surface area contributed by atoms with Crippen molar-refractivity contribution < 1.29 is 19.1 Å². The van der Waals surface area contributed by atoms with Gasteiger partial charge in [-0.3, -0.25) is 4.79 Å². The third kappa shape index (κ3) is 4.47. The molecule has 2 N–H and O–H groups in total. The summed E-state index contributed by atoms with van der Waals surface area (Å²) in [6.07, 6.45) is 0. The van der Waals surface area contributed by atoms with Gasteiger partial charge in [0.1, 0.15) is 17.9 Å². The molecule has 0 aromatic heterocycles. The molecule has 0 heterocycles. The van der Waals surface area contributed by atoms with Gasteiger partial charge in [0, 0.05) is 5.03 Å². The molecule has 1 aromatic carbocycles. The summed E-state index contributed by atoms with van der Waals surface area (Å²) < 4.78 is 9.97. The molecule has 1 aromatic rings. The van der Waals surface area contributed by atoms with Crippen LogP contribution < -0.4 is 10.5 Å². The lowest BCUT2D eigenvalue weighted by Gasteiger charge is -2.09. The molecule has 0 saturated heterocycles. The number of nitrogens with two attached hydrogens (primary N) is 1. The number of hydrogen-bond acceptors (Lipinski definition) is 4. The molecule has 0 unspecified atom stereocenters. The largest absolute Gasteiger partial charge is 0.483 e. The molecule has 0 spiro atoms. The summed E-state index contributed by atoms with van der Waals surface area (Å²) in [6.45, 7) is 2.99. The Balaban J connectivity index is 2.77. The third-order valence-corrected chi connectivity index (χ3v) is 1.95. The zero-order valence-corrected chi connectivity index (χ0v) is 10.3. The summed E-state index contributed by atoms with van der Waals surface area (Å²) in [6, 6.07) is 6.35. The van der Waals surface area contributed by atoms with Crippen molar-refractivity contribution in [2.24, 2.45) is 5.73 Å². The van der Waals surface area contributed by atoms with Crippen molar-refractivity contribution in [1.29, 1.82) is 0 Å². The number of rotatable bonds is 6. The minimum absolute atomic E-state index is 0.0927. The number of primary amides is 1. The van der Waals surface area contributed by atoms with Gasteiger partial charge in [0.15, 0.2) is 6.61 Å². The van der Waals surface area contributed by atoms with E-state index in [0.717, 1.165) is 0 Å². The zero-order chi connectivity index (χ0) is 13.5. The normalized spacial score (nSPS) is 9.61. The molecule has 0 aliphatic heterocycles. The molecule has 0 aliphatic rings. The first-order valence-corrected chi connectivity index (χ1v) is 5.39. The third-order valence-electron chi connectivity index (χ3n) is 1.84. The number of ether oxygens (including phenoxy) is 2. The molecule has 1 amide bonds. The summed E-state index contributed by atoms with van der Waals surface area (Å²) in [5.41, 5.74) is 5.15. The monoisotopic (exact) mass is 269 g/mol. The Morgan fingerprint density at radius 2 is 1.94 bits per heavy atom. The van der Waals surface area contributed by atoms with Gasteiger partial charge >= 0.3 is 5.97 Å². The zero-order valence-electron chi connectivity index (χ0n) is 9.52. The van der Waals surface area contributed by atoms with Gasteiger partial charge in [-0.2, -0.15) is 0 Å². The Morgan fingerprint density at radius 1 is 1.28 bits per heavy atom. The van der Waals surface area contributed by atoms with Crippen LogP contribution in [0.3, 0.4) is 0 Å². The predicted octanol–water partition coefficient (Wildman–Crippen LogP) is 1.46. The van der Waals surface area contributed by atoms with Gasteiger partial charge in [-0.15, -0.1) is 0 Å². The van der Waals surface area contributed by atoms with E-state index < -0.39 is 11.9 Å². The molecule has 0 aliphatic carbocycles. The topological polar surface area (TPSA) is 78.6 Å². The fourth-order valence-electron chi connectivity index (χ4n) is 1.13. The van der Waals surface area contributed by atoms with Crippen molar-refractivity contribution in [1.82, 2.24) is 0 Å². The second-order valence-corrected chi connectivity index (χ2v) is 3.88. The Labute approximate surface area is 109 Å². The summed E-state index contributed by atoms with van der Waals surface area (Å²) in [4.78, 5) is 22.3. The van der Waals surface area contributed by atoms with Crippen molar-refractivity contribution in [3.05, 3.63) is 41.4 Å². The Morgan fingerprint density at radius 3 is 2.56 bits per heavy atom. The highest BCUT2D eigenvalue weighted by Gasteiger charge is 2.14. The van der Waals surface area contributed by atoms with Gasteiger partial charge in [-0.25, -0.2) is 4.79 Å². The van der Waals surface area contributed by atoms with Crippen LogP contribution in [0.2, 0.25) is 0 Å². The Hall–Kier alpha value is -2.01. The van der Waals surface area contributed by atoms with Gasteiger partial charge in [-0.1, -0.05) is 30.3 Å². The van der Waals surface area contributed by atoms with Crippen LogP contribution in [0.5, 0.6) is 5.75 Å². The minimum Gasteiger partial charge on any atom is -0.483 e.